The van der Waals surface area contributed by atoms with Gasteiger partial charge in [0.1, 0.15) is 30.4 Å². The maximum Gasteiger partial charge on any atom is 0.416 e. The molecule has 3 aromatic rings. The standard InChI is InChI=1S/C23H22F3N3O5/c1-32-16-6-8-20(33-2)18(13-16)19-7-9-22(31)29(28-19)14-21(30)27-10-11-34-17-5-3-4-15(12-17)23(24,25)26/h3-9,12-13H,10-11,14H2,1-2H3,(H,27,30). The molecular formula is C23H22F3N3O5. The molecule has 0 radical (unpaired) electrons. The van der Waals surface area contributed by atoms with Crippen LogP contribution in [0.4, 0.5) is 13.2 Å². The first-order valence-electron chi connectivity index (χ1n) is 10.1. The molecule has 0 atom stereocenters. The van der Waals surface area contributed by atoms with Crippen LogP contribution in [0.2, 0.25) is 0 Å². The lowest BCUT2D eigenvalue weighted by molar-refractivity contribution is -0.137. The van der Waals surface area contributed by atoms with E-state index in [1.54, 1.807) is 18.2 Å². The van der Waals surface area contributed by atoms with Gasteiger partial charge in [0.25, 0.3) is 5.56 Å². The van der Waals surface area contributed by atoms with Crippen LogP contribution in [0, 0.1) is 0 Å². The number of methoxy groups -OCH3 is 2. The molecular weight excluding hydrogens is 455 g/mol. The van der Waals surface area contributed by atoms with Gasteiger partial charge in [-0.25, -0.2) is 4.68 Å². The van der Waals surface area contributed by atoms with Gasteiger partial charge in [-0.15, -0.1) is 0 Å². The minimum Gasteiger partial charge on any atom is -0.497 e. The minimum absolute atomic E-state index is 0.0211. The summed E-state index contributed by atoms with van der Waals surface area (Å²) in [6.07, 6.45) is -4.47. The number of hydrogen-bond acceptors (Lipinski definition) is 6. The molecule has 1 heterocycles. The van der Waals surface area contributed by atoms with Crippen molar-refractivity contribution >= 4 is 5.91 Å². The first-order chi connectivity index (χ1) is 16.2. The summed E-state index contributed by atoms with van der Waals surface area (Å²) in [5, 5.41) is 6.79. The molecule has 0 fully saturated rings. The monoisotopic (exact) mass is 477 g/mol. The first-order valence-corrected chi connectivity index (χ1v) is 10.1. The molecule has 1 amide bonds. The number of carbonyl (C=O) groups is 1. The molecule has 0 aliphatic heterocycles. The van der Waals surface area contributed by atoms with E-state index < -0.39 is 23.2 Å². The summed E-state index contributed by atoms with van der Waals surface area (Å²) >= 11 is 0. The number of rotatable bonds is 9. The number of benzene rings is 2. The summed E-state index contributed by atoms with van der Waals surface area (Å²) in [5.74, 6) is 0.586. The van der Waals surface area contributed by atoms with E-state index in [1.165, 1.54) is 38.5 Å². The SMILES string of the molecule is COc1ccc(OC)c(-c2ccc(=O)n(CC(=O)NCCOc3cccc(C(F)(F)F)c3)n2)c1. The summed E-state index contributed by atoms with van der Waals surface area (Å²) < 4.78 is 55.1. The maximum absolute atomic E-state index is 12.8. The van der Waals surface area contributed by atoms with Crippen molar-refractivity contribution in [2.75, 3.05) is 27.4 Å². The zero-order valence-corrected chi connectivity index (χ0v) is 18.4. The van der Waals surface area contributed by atoms with Gasteiger partial charge in [-0.3, -0.25) is 9.59 Å². The van der Waals surface area contributed by atoms with Crippen LogP contribution in [0.1, 0.15) is 5.56 Å². The predicted octanol–water partition coefficient (Wildman–Crippen LogP) is 3.14. The topological polar surface area (TPSA) is 91.7 Å². The number of halogens is 3. The molecule has 8 nitrogen and oxygen atoms in total. The van der Waals surface area contributed by atoms with Crippen molar-refractivity contribution in [1.82, 2.24) is 15.1 Å². The molecule has 1 N–H and O–H groups in total. The van der Waals surface area contributed by atoms with Crippen LogP contribution in [0.25, 0.3) is 11.3 Å². The van der Waals surface area contributed by atoms with Gasteiger partial charge in [0.05, 0.1) is 32.0 Å². The van der Waals surface area contributed by atoms with Crippen LogP contribution in [0.15, 0.2) is 59.4 Å². The fourth-order valence-electron chi connectivity index (χ4n) is 3.03. The Bertz CT molecular complexity index is 1210. The van der Waals surface area contributed by atoms with Crippen molar-refractivity contribution in [1.29, 1.82) is 0 Å². The van der Waals surface area contributed by atoms with Gasteiger partial charge in [-0.1, -0.05) is 6.07 Å². The van der Waals surface area contributed by atoms with E-state index in [1.807, 2.05) is 0 Å². The molecule has 2 aromatic carbocycles. The fourth-order valence-corrected chi connectivity index (χ4v) is 3.03. The van der Waals surface area contributed by atoms with Crippen LogP contribution in [-0.2, 0) is 17.5 Å². The average Bonchev–Trinajstić information content (AvgIpc) is 2.82. The molecule has 0 unspecified atom stereocenters. The molecule has 0 bridgehead atoms. The lowest BCUT2D eigenvalue weighted by atomic mass is 10.1. The molecule has 0 saturated heterocycles. The molecule has 180 valence electrons. The van der Waals surface area contributed by atoms with E-state index >= 15 is 0 Å². The molecule has 11 heteroatoms. The highest BCUT2D eigenvalue weighted by Gasteiger charge is 2.30. The number of hydrogen-bond donors (Lipinski definition) is 1. The first kappa shape index (κ1) is 24.6. The third kappa shape index (κ3) is 6.27. The van der Waals surface area contributed by atoms with E-state index in [2.05, 4.69) is 10.4 Å². The van der Waals surface area contributed by atoms with Gasteiger partial charge in [-0.2, -0.15) is 18.3 Å². The van der Waals surface area contributed by atoms with Gasteiger partial charge >= 0.3 is 6.18 Å². The largest absolute Gasteiger partial charge is 0.497 e. The van der Waals surface area contributed by atoms with Gasteiger partial charge in [0.15, 0.2) is 0 Å². The Morgan fingerprint density at radius 2 is 1.82 bits per heavy atom. The summed E-state index contributed by atoms with van der Waals surface area (Å²) in [7, 11) is 3.01. The maximum atomic E-state index is 12.8. The highest BCUT2D eigenvalue weighted by Crippen LogP contribution is 2.32. The van der Waals surface area contributed by atoms with E-state index in [0.29, 0.717) is 22.8 Å². The smallest absolute Gasteiger partial charge is 0.416 e. The molecule has 34 heavy (non-hydrogen) atoms. The van der Waals surface area contributed by atoms with Gasteiger partial charge < -0.3 is 19.5 Å². The van der Waals surface area contributed by atoms with E-state index in [4.69, 9.17) is 14.2 Å². The Labute approximate surface area is 192 Å². The van der Waals surface area contributed by atoms with Gasteiger partial charge in [0.2, 0.25) is 5.91 Å². The zero-order valence-electron chi connectivity index (χ0n) is 18.4. The number of nitrogens with one attached hydrogen (secondary N) is 1. The molecule has 0 spiro atoms. The molecule has 0 aliphatic carbocycles. The highest BCUT2D eigenvalue weighted by atomic mass is 19.4. The number of aromatic nitrogens is 2. The lowest BCUT2D eigenvalue weighted by Gasteiger charge is -2.12. The van der Waals surface area contributed by atoms with Crippen molar-refractivity contribution in [3.8, 4) is 28.5 Å². The third-order valence-corrected chi connectivity index (χ3v) is 4.70. The van der Waals surface area contributed by atoms with Crippen molar-refractivity contribution < 1.29 is 32.2 Å². The number of alkyl halides is 3. The zero-order chi connectivity index (χ0) is 24.7. The normalized spacial score (nSPS) is 11.1. The van der Waals surface area contributed by atoms with Crippen molar-refractivity contribution in [3.63, 3.8) is 0 Å². The second kappa shape index (κ2) is 10.7. The molecule has 0 aliphatic rings. The van der Waals surface area contributed by atoms with E-state index in [9.17, 15) is 22.8 Å². The highest BCUT2D eigenvalue weighted by molar-refractivity contribution is 5.75. The molecule has 0 saturated carbocycles. The number of nitrogens with zero attached hydrogens (tertiary/aromatic N) is 2. The van der Waals surface area contributed by atoms with Crippen molar-refractivity contribution in [2.24, 2.45) is 0 Å². The summed E-state index contributed by atoms with van der Waals surface area (Å²) in [5.41, 5.74) is -0.338. The number of carbonyl (C=O) groups excluding carboxylic acids is 1. The Balaban J connectivity index is 1.61. The molecule has 1 aromatic heterocycles. The van der Waals surface area contributed by atoms with Gasteiger partial charge in [-0.05, 0) is 42.5 Å². The quantitative estimate of drug-likeness (QED) is 0.476. The Hall–Kier alpha value is -4.02. The van der Waals surface area contributed by atoms with Crippen LogP contribution in [0.3, 0.4) is 0 Å². The van der Waals surface area contributed by atoms with Crippen molar-refractivity contribution in [2.45, 2.75) is 12.7 Å². The third-order valence-electron chi connectivity index (χ3n) is 4.70. The Morgan fingerprint density at radius 1 is 1.03 bits per heavy atom. The van der Waals surface area contributed by atoms with E-state index in [0.717, 1.165) is 16.8 Å². The van der Waals surface area contributed by atoms with Gasteiger partial charge in [0, 0.05) is 11.6 Å². The predicted molar refractivity (Wildman–Crippen MR) is 117 cm³/mol. The number of amides is 1. The second-order valence-electron chi connectivity index (χ2n) is 7.00. The summed E-state index contributed by atoms with van der Waals surface area (Å²) in [6, 6.07) is 12.3. The fraction of sp³-hybridized carbons (Fsp3) is 0.261. The molecule has 3 rings (SSSR count). The van der Waals surface area contributed by atoms with Crippen LogP contribution >= 0.6 is 0 Å². The van der Waals surface area contributed by atoms with Crippen LogP contribution < -0.4 is 25.1 Å². The Morgan fingerprint density at radius 3 is 2.53 bits per heavy atom. The minimum atomic E-state index is -4.47. The average molecular weight is 477 g/mol. The number of ether oxygens (including phenoxy) is 3. The van der Waals surface area contributed by atoms with Crippen molar-refractivity contribution in [3.05, 3.63) is 70.5 Å². The Kier molecular flexibility index (Phi) is 7.77. The summed E-state index contributed by atoms with van der Waals surface area (Å²) in [6.45, 7) is -0.397. The second-order valence-corrected chi connectivity index (χ2v) is 7.00. The lowest BCUT2D eigenvalue weighted by Crippen LogP contribution is -2.35. The van der Waals surface area contributed by atoms with Crippen LogP contribution in [-0.4, -0.2) is 43.1 Å². The van der Waals surface area contributed by atoms with Crippen LogP contribution in [0.5, 0.6) is 17.2 Å². The summed E-state index contributed by atoms with van der Waals surface area (Å²) in [4.78, 5) is 24.5. The van der Waals surface area contributed by atoms with E-state index in [-0.39, 0.29) is 25.4 Å².